The van der Waals surface area contributed by atoms with Gasteiger partial charge in [-0.1, -0.05) is 12.1 Å². The Morgan fingerprint density at radius 2 is 1.69 bits per heavy atom. The van der Waals surface area contributed by atoms with Gasteiger partial charge < -0.3 is 10.2 Å². The molecular weight excluding hydrogens is 362 g/mol. The maximum atomic E-state index is 11.4. The molecule has 0 fully saturated rings. The van der Waals surface area contributed by atoms with Crippen molar-refractivity contribution in [3.8, 4) is 5.75 Å². The number of azo groups is 1. The second-order valence-corrected chi connectivity index (χ2v) is 6.53. The molecule has 0 saturated carbocycles. The molecule has 10 heteroatoms. The van der Waals surface area contributed by atoms with E-state index in [1.807, 2.05) is 0 Å². The predicted octanol–water partition coefficient (Wildman–Crippen LogP) is 3.30. The summed E-state index contributed by atoms with van der Waals surface area (Å²) in [4.78, 5) is 14.7. The molecule has 1 aromatic heterocycles. The lowest BCUT2D eigenvalue weighted by atomic mass is 10.2. The molecule has 26 heavy (non-hydrogen) atoms. The van der Waals surface area contributed by atoms with Crippen LogP contribution in [0.3, 0.4) is 0 Å². The molecule has 2 aromatic carbocycles. The number of hydrogen-bond acceptors (Lipinski definition) is 7. The number of phenolic OH excluding ortho intramolecular Hbond substituents is 1. The first-order chi connectivity index (χ1) is 12.3. The number of benzene rings is 2. The molecule has 3 aromatic rings. The molecule has 1 heterocycles. The molecule has 0 radical (unpaired) electrons. The summed E-state index contributed by atoms with van der Waals surface area (Å²) in [6.45, 7) is 0. The summed E-state index contributed by atoms with van der Waals surface area (Å²) in [6.07, 6.45) is 1.12. The molecule has 0 unspecified atom stereocenters. The highest BCUT2D eigenvalue weighted by molar-refractivity contribution is 7.86. The Bertz CT molecular complexity index is 1160. The number of nitrogens with zero attached hydrogens (tertiary/aromatic N) is 3. The average molecular weight is 373 g/mol. The zero-order valence-corrected chi connectivity index (χ0v) is 13.8. The number of rotatable bonds is 4. The van der Waals surface area contributed by atoms with Crippen molar-refractivity contribution in [1.82, 2.24) is 4.98 Å². The highest BCUT2D eigenvalue weighted by atomic mass is 32.2. The molecule has 0 saturated heterocycles. The SMILES string of the molecule is O=C(O)c1ccccc1N=Nc1ccc2c(S(=O)(=O)O)ccnc2c1O. The second kappa shape index (κ2) is 6.50. The largest absolute Gasteiger partial charge is 0.504 e. The number of aromatic carboxylic acids is 1. The van der Waals surface area contributed by atoms with Crippen LogP contribution < -0.4 is 0 Å². The average Bonchev–Trinajstić information content (AvgIpc) is 2.60. The number of aromatic nitrogens is 1. The molecule has 0 aliphatic heterocycles. The Morgan fingerprint density at radius 3 is 2.38 bits per heavy atom. The molecule has 0 amide bonds. The Kier molecular flexibility index (Phi) is 4.36. The van der Waals surface area contributed by atoms with Crippen LogP contribution in [0.25, 0.3) is 10.9 Å². The fourth-order valence-corrected chi connectivity index (χ4v) is 3.00. The Labute approximate surface area is 147 Å². The Balaban J connectivity index is 2.11. The summed E-state index contributed by atoms with van der Waals surface area (Å²) in [6, 6.07) is 9.61. The van der Waals surface area contributed by atoms with Crippen molar-refractivity contribution < 1.29 is 28.0 Å². The van der Waals surface area contributed by atoms with Crippen molar-refractivity contribution in [3.05, 3.63) is 54.2 Å². The monoisotopic (exact) mass is 373 g/mol. The highest BCUT2D eigenvalue weighted by Gasteiger charge is 2.17. The van der Waals surface area contributed by atoms with Crippen molar-refractivity contribution in [3.63, 3.8) is 0 Å². The Morgan fingerprint density at radius 1 is 1.00 bits per heavy atom. The molecule has 0 aliphatic rings. The summed E-state index contributed by atoms with van der Waals surface area (Å²) in [5.41, 5.74) is -0.122. The van der Waals surface area contributed by atoms with E-state index in [1.54, 1.807) is 6.07 Å². The van der Waals surface area contributed by atoms with Crippen LogP contribution in [0.15, 0.2) is 63.8 Å². The summed E-state index contributed by atoms with van der Waals surface area (Å²) in [5, 5.41) is 27.1. The zero-order valence-electron chi connectivity index (χ0n) is 12.9. The number of hydrogen-bond donors (Lipinski definition) is 3. The first-order valence-electron chi connectivity index (χ1n) is 7.11. The third-order valence-electron chi connectivity index (χ3n) is 3.50. The van der Waals surface area contributed by atoms with Gasteiger partial charge in [0.2, 0.25) is 0 Å². The van der Waals surface area contributed by atoms with Gasteiger partial charge in [-0.15, -0.1) is 10.2 Å². The summed E-state index contributed by atoms with van der Waals surface area (Å²) >= 11 is 0. The van der Waals surface area contributed by atoms with Crippen LogP contribution in [-0.2, 0) is 10.1 Å². The molecular formula is C16H11N3O6S. The van der Waals surface area contributed by atoms with Gasteiger partial charge in [-0.05, 0) is 30.3 Å². The third kappa shape index (κ3) is 3.23. The van der Waals surface area contributed by atoms with Gasteiger partial charge in [0.15, 0.2) is 5.75 Å². The minimum Gasteiger partial charge on any atom is -0.504 e. The fraction of sp³-hybridized carbons (Fsp3) is 0. The first kappa shape index (κ1) is 17.5. The minimum atomic E-state index is -4.50. The van der Waals surface area contributed by atoms with Crippen molar-refractivity contribution in [2.45, 2.75) is 4.90 Å². The smallest absolute Gasteiger partial charge is 0.337 e. The predicted molar refractivity (Wildman–Crippen MR) is 90.8 cm³/mol. The number of pyridine rings is 1. The van der Waals surface area contributed by atoms with E-state index in [0.717, 1.165) is 12.3 Å². The maximum Gasteiger partial charge on any atom is 0.337 e. The van der Waals surface area contributed by atoms with E-state index in [0.29, 0.717) is 0 Å². The van der Waals surface area contributed by atoms with Crippen LogP contribution in [0, 0.1) is 0 Å². The number of carboxylic acids is 1. The summed E-state index contributed by atoms with van der Waals surface area (Å²) in [5.74, 6) is -1.63. The van der Waals surface area contributed by atoms with Gasteiger partial charge >= 0.3 is 5.97 Å². The van der Waals surface area contributed by atoms with E-state index in [2.05, 4.69) is 15.2 Å². The van der Waals surface area contributed by atoms with E-state index >= 15 is 0 Å². The first-order valence-corrected chi connectivity index (χ1v) is 8.55. The lowest BCUT2D eigenvalue weighted by Crippen LogP contribution is -1.99. The topological polar surface area (TPSA) is 150 Å². The summed E-state index contributed by atoms with van der Waals surface area (Å²) in [7, 11) is -4.50. The van der Waals surface area contributed by atoms with Crippen LogP contribution in [0.1, 0.15) is 10.4 Å². The number of carboxylic acid groups (broad SMARTS) is 1. The molecule has 9 nitrogen and oxygen atoms in total. The van der Waals surface area contributed by atoms with E-state index in [4.69, 9.17) is 5.11 Å². The molecule has 0 bridgehead atoms. The van der Waals surface area contributed by atoms with Crippen LogP contribution in [-0.4, -0.2) is 34.1 Å². The van der Waals surface area contributed by atoms with Crippen LogP contribution in [0.2, 0.25) is 0 Å². The number of phenols is 1. The van der Waals surface area contributed by atoms with Crippen LogP contribution >= 0.6 is 0 Å². The standard InChI is InChI=1S/C16H11N3O6S/c20-15-12(19-18-11-4-2-1-3-9(11)16(21)22)6-5-10-13(26(23,24)25)7-8-17-14(10)15/h1-8,20H,(H,21,22)(H,23,24,25). The molecule has 132 valence electrons. The van der Waals surface area contributed by atoms with E-state index in [9.17, 15) is 22.9 Å². The van der Waals surface area contributed by atoms with Gasteiger partial charge in [-0.25, -0.2) is 4.79 Å². The molecule has 0 atom stereocenters. The lowest BCUT2D eigenvalue weighted by molar-refractivity contribution is 0.0697. The highest BCUT2D eigenvalue weighted by Crippen LogP contribution is 2.36. The number of aromatic hydroxyl groups is 1. The minimum absolute atomic E-state index is 0.0115. The van der Waals surface area contributed by atoms with Gasteiger partial charge in [0, 0.05) is 11.6 Å². The second-order valence-electron chi connectivity index (χ2n) is 5.14. The summed E-state index contributed by atoms with van der Waals surface area (Å²) < 4.78 is 32.1. The van der Waals surface area contributed by atoms with Gasteiger partial charge in [0.1, 0.15) is 21.8 Å². The quantitative estimate of drug-likeness (QED) is 0.469. The van der Waals surface area contributed by atoms with Crippen molar-refractivity contribution >= 4 is 38.4 Å². The van der Waals surface area contributed by atoms with Gasteiger partial charge in [-0.3, -0.25) is 9.54 Å². The van der Waals surface area contributed by atoms with Gasteiger partial charge in [-0.2, -0.15) is 8.42 Å². The van der Waals surface area contributed by atoms with Crippen molar-refractivity contribution in [1.29, 1.82) is 0 Å². The normalized spacial score (nSPS) is 11.9. The molecule has 3 N–H and O–H groups in total. The molecule has 3 rings (SSSR count). The molecule has 0 aliphatic carbocycles. The van der Waals surface area contributed by atoms with Crippen LogP contribution in [0.5, 0.6) is 5.75 Å². The van der Waals surface area contributed by atoms with Gasteiger partial charge in [0.05, 0.1) is 5.56 Å². The zero-order chi connectivity index (χ0) is 18.9. The van der Waals surface area contributed by atoms with Crippen LogP contribution in [0.4, 0.5) is 11.4 Å². The maximum absolute atomic E-state index is 11.4. The Hall–Kier alpha value is -3.37. The molecule has 0 spiro atoms. The van der Waals surface area contributed by atoms with E-state index in [1.165, 1.54) is 30.3 Å². The fourth-order valence-electron chi connectivity index (χ4n) is 2.32. The van der Waals surface area contributed by atoms with E-state index in [-0.39, 0.29) is 27.8 Å². The van der Waals surface area contributed by atoms with Crippen molar-refractivity contribution in [2.24, 2.45) is 10.2 Å². The third-order valence-corrected chi connectivity index (χ3v) is 4.41. The van der Waals surface area contributed by atoms with Gasteiger partial charge in [0.25, 0.3) is 10.1 Å². The number of fused-ring (bicyclic) bond motifs is 1. The van der Waals surface area contributed by atoms with Crippen molar-refractivity contribution in [2.75, 3.05) is 0 Å². The lowest BCUT2D eigenvalue weighted by Gasteiger charge is -2.06. The number of carbonyl (C=O) groups is 1. The van der Waals surface area contributed by atoms with E-state index < -0.39 is 26.7 Å².